The van der Waals surface area contributed by atoms with Gasteiger partial charge >= 0.3 is 0 Å². The van der Waals surface area contributed by atoms with Crippen LogP contribution in [0.2, 0.25) is 0 Å². The molecular weight excluding hydrogens is 264 g/mol. The van der Waals surface area contributed by atoms with Gasteiger partial charge in [-0.05, 0) is 31.4 Å². The number of methoxy groups -OCH3 is 1. The molecule has 2 atom stereocenters. The Balaban J connectivity index is 1.75. The number of nitrogens with zero attached hydrogens (tertiary/aromatic N) is 1. The number of hydrazine groups is 1. The van der Waals surface area contributed by atoms with E-state index in [0.29, 0.717) is 6.04 Å². The zero-order valence-electron chi connectivity index (χ0n) is 12.8. The molecule has 1 aromatic heterocycles. The summed E-state index contributed by atoms with van der Waals surface area (Å²) in [5.74, 6) is 1.02. The monoisotopic (exact) mass is 288 g/mol. The van der Waals surface area contributed by atoms with Crippen LogP contribution in [0.15, 0.2) is 34.7 Å². The fourth-order valence-corrected chi connectivity index (χ4v) is 3.10. The van der Waals surface area contributed by atoms with Gasteiger partial charge in [0.1, 0.15) is 11.3 Å². The fourth-order valence-electron chi connectivity index (χ4n) is 3.10. The van der Waals surface area contributed by atoms with Crippen LogP contribution in [0, 0.1) is 0 Å². The average Bonchev–Trinajstić information content (AvgIpc) is 3.11. The standard InChI is InChI=1S/C17H24N2O2/c1-3-15(18-19-10-6-8-14(19)12-20-2)17-11-13-7-4-5-9-16(13)21-17/h4-5,7,9,11,14-15,18H,3,6,8,10,12H2,1-2H3/t14-,15-/m0/s1. The van der Waals surface area contributed by atoms with Crippen molar-refractivity contribution in [3.05, 3.63) is 36.1 Å². The maximum absolute atomic E-state index is 6.01. The fraction of sp³-hybridized carbons (Fsp3) is 0.529. The largest absolute Gasteiger partial charge is 0.459 e. The van der Waals surface area contributed by atoms with Gasteiger partial charge in [-0.25, -0.2) is 10.4 Å². The highest BCUT2D eigenvalue weighted by atomic mass is 16.5. The lowest BCUT2D eigenvalue weighted by molar-refractivity contribution is 0.0669. The summed E-state index contributed by atoms with van der Waals surface area (Å²) >= 11 is 0. The van der Waals surface area contributed by atoms with Crippen molar-refractivity contribution in [3.63, 3.8) is 0 Å². The third kappa shape index (κ3) is 3.12. The molecule has 3 rings (SSSR count). The molecule has 1 aliphatic rings. The number of rotatable bonds is 6. The van der Waals surface area contributed by atoms with Crippen LogP contribution in [0.5, 0.6) is 0 Å². The molecule has 1 saturated heterocycles. The van der Waals surface area contributed by atoms with Gasteiger partial charge in [0, 0.05) is 25.1 Å². The number of furan rings is 1. The van der Waals surface area contributed by atoms with Crippen LogP contribution in [0.25, 0.3) is 11.0 Å². The van der Waals surface area contributed by atoms with Crippen LogP contribution in [-0.2, 0) is 4.74 Å². The molecule has 2 aromatic rings. The summed E-state index contributed by atoms with van der Waals surface area (Å²) in [6, 6.07) is 11.0. The molecule has 2 heterocycles. The molecule has 0 amide bonds. The average molecular weight is 288 g/mol. The molecule has 4 heteroatoms. The van der Waals surface area contributed by atoms with E-state index in [1.807, 2.05) is 18.2 Å². The third-order valence-electron chi connectivity index (χ3n) is 4.25. The third-order valence-corrected chi connectivity index (χ3v) is 4.25. The van der Waals surface area contributed by atoms with Crippen LogP contribution in [0.1, 0.15) is 38.0 Å². The van der Waals surface area contributed by atoms with E-state index in [-0.39, 0.29) is 6.04 Å². The van der Waals surface area contributed by atoms with Crippen molar-refractivity contribution >= 4 is 11.0 Å². The predicted molar refractivity (Wildman–Crippen MR) is 84.0 cm³/mol. The smallest absolute Gasteiger partial charge is 0.134 e. The Bertz CT molecular complexity index is 548. The van der Waals surface area contributed by atoms with Crippen molar-refractivity contribution in [2.45, 2.75) is 38.3 Å². The van der Waals surface area contributed by atoms with Gasteiger partial charge in [-0.15, -0.1) is 0 Å². The molecule has 1 aliphatic heterocycles. The van der Waals surface area contributed by atoms with Crippen LogP contribution >= 0.6 is 0 Å². The van der Waals surface area contributed by atoms with E-state index in [9.17, 15) is 0 Å². The summed E-state index contributed by atoms with van der Waals surface area (Å²) in [5, 5.41) is 3.49. The zero-order chi connectivity index (χ0) is 14.7. The van der Waals surface area contributed by atoms with Crippen molar-refractivity contribution in [1.82, 2.24) is 10.4 Å². The van der Waals surface area contributed by atoms with Crippen molar-refractivity contribution in [2.75, 3.05) is 20.3 Å². The van der Waals surface area contributed by atoms with Gasteiger partial charge in [0.25, 0.3) is 0 Å². The van der Waals surface area contributed by atoms with Crippen molar-refractivity contribution in [1.29, 1.82) is 0 Å². The number of nitrogens with one attached hydrogen (secondary N) is 1. The van der Waals surface area contributed by atoms with Crippen LogP contribution in [0.4, 0.5) is 0 Å². The molecular formula is C17H24N2O2. The molecule has 0 aliphatic carbocycles. The number of hydrogen-bond donors (Lipinski definition) is 1. The van der Waals surface area contributed by atoms with Crippen molar-refractivity contribution in [2.24, 2.45) is 0 Å². The molecule has 0 radical (unpaired) electrons. The van der Waals surface area contributed by atoms with E-state index < -0.39 is 0 Å². The maximum atomic E-state index is 6.01. The number of hydrogen-bond acceptors (Lipinski definition) is 4. The Morgan fingerprint density at radius 1 is 1.43 bits per heavy atom. The Morgan fingerprint density at radius 3 is 3.05 bits per heavy atom. The van der Waals surface area contributed by atoms with Gasteiger partial charge < -0.3 is 9.15 Å². The highest BCUT2D eigenvalue weighted by Gasteiger charge is 2.27. The first-order valence-electron chi connectivity index (χ1n) is 7.82. The highest BCUT2D eigenvalue weighted by Crippen LogP contribution is 2.27. The topological polar surface area (TPSA) is 37.6 Å². The Morgan fingerprint density at radius 2 is 2.29 bits per heavy atom. The summed E-state index contributed by atoms with van der Waals surface area (Å²) in [5.41, 5.74) is 4.60. The van der Waals surface area contributed by atoms with Gasteiger partial charge in [0.2, 0.25) is 0 Å². The maximum Gasteiger partial charge on any atom is 0.134 e. The normalized spacial score (nSPS) is 21.1. The van der Waals surface area contributed by atoms with E-state index in [4.69, 9.17) is 9.15 Å². The molecule has 21 heavy (non-hydrogen) atoms. The molecule has 0 spiro atoms. The van der Waals surface area contributed by atoms with E-state index in [1.165, 1.54) is 18.2 Å². The minimum Gasteiger partial charge on any atom is -0.459 e. The summed E-state index contributed by atoms with van der Waals surface area (Å²) in [6.07, 6.45) is 3.41. The van der Waals surface area contributed by atoms with Crippen LogP contribution < -0.4 is 5.43 Å². The quantitative estimate of drug-likeness (QED) is 0.883. The summed E-state index contributed by atoms with van der Waals surface area (Å²) in [4.78, 5) is 0. The minimum atomic E-state index is 0.217. The Hall–Kier alpha value is -1.36. The van der Waals surface area contributed by atoms with Crippen LogP contribution in [-0.4, -0.2) is 31.3 Å². The van der Waals surface area contributed by atoms with Gasteiger partial charge in [-0.3, -0.25) is 0 Å². The van der Waals surface area contributed by atoms with E-state index >= 15 is 0 Å². The summed E-state index contributed by atoms with van der Waals surface area (Å²) in [7, 11) is 1.77. The van der Waals surface area contributed by atoms with Gasteiger partial charge in [-0.2, -0.15) is 0 Å². The molecule has 114 valence electrons. The molecule has 0 bridgehead atoms. The molecule has 4 nitrogen and oxygen atoms in total. The summed E-state index contributed by atoms with van der Waals surface area (Å²) in [6.45, 7) is 4.04. The van der Waals surface area contributed by atoms with Crippen LogP contribution in [0.3, 0.4) is 0 Å². The lowest BCUT2D eigenvalue weighted by Gasteiger charge is -2.28. The number of benzene rings is 1. The molecule has 1 aromatic carbocycles. The number of ether oxygens (including phenoxy) is 1. The minimum absolute atomic E-state index is 0.217. The second kappa shape index (κ2) is 6.60. The first-order chi connectivity index (χ1) is 10.3. The van der Waals surface area contributed by atoms with Crippen molar-refractivity contribution in [3.8, 4) is 0 Å². The van der Waals surface area contributed by atoms with Gasteiger partial charge in [-0.1, -0.05) is 25.1 Å². The Labute approximate surface area is 126 Å². The lowest BCUT2D eigenvalue weighted by Crippen LogP contribution is -2.45. The molecule has 1 N–H and O–H groups in total. The van der Waals surface area contributed by atoms with Crippen molar-refractivity contribution < 1.29 is 9.15 Å². The first-order valence-corrected chi connectivity index (χ1v) is 7.82. The Kier molecular flexibility index (Phi) is 4.58. The number of fused-ring (bicyclic) bond motifs is 1. The van der Waals surface area contributed by atoms with E-state index in [0.717, 1.165) is 30.9 Å². The highest BCUT2D eigenvalue weighted by molar-refractivity contribution is 5.77. The predicted octanol–water partition coefficient (Wildman–Crippen LogP) is 3.50. The van der Waals surface area contributed by atoms with Gasteiger partial charge in [0.05, 0.1) is 12.6 Å². The second-order valence-corrected chi connectivity index (χ2v) is 5.72. The summed E-state index contributed by atoms with van der Waals surface area (Å²) < 4.78 is 11.3. The van der Waals surface area contributed by atoms with E-state index in [2.05, 4.69) is 29.5 Å². The second-order valence-electron chi connectivity index (χ2n) is 5.72. The van der Waals surface area contributed by atoms with Gasteiger partial charge in [0.15, 0.2) is 0 Å². The lowest BCUT2D eigenvalue weighted by atomic mass is 10.1. The first kappa shape index (κ1) is 14.6. The van der Waals surface area contributed by atoms with E-state index in [1.54, 1.807) is 7.11 Å². The molecule has 0 saturated carbocycles. The SMILES string of the molecule is CC[C@H](NN1CCC[C@H]1COC)c1cc2ccccc2o1. The number of para-hydroxylation sites is 1. The molecule has 0 unspecified atom stereocenters. The molecule has 1 fully saturated rings. The zero-order valence-corrected chi connectivity index (χ0v) is 12.8.